The Morgan fingerprint density at radius 2 is 2.07 bits per heavy atom. The monoisotopic (exact) mass is 370 g/mol. The van der Waals surface area contributed by atoms with Crippen molar-refractivity contribution in [1.29, 1.82) is 0 Å². The van der Waals surface area contributed by atoms with Gasteiger partial charge in [0.2, 0.25) is 11.8 Å². The van der Waals surface area contributed by atoms with E-state index in [1.807, 2.05) is 25.2 Å². The van der Waals surface area contributed by atoms with Gasteiger partial charge >= 0.3 is 0 Å². The predicted molar refractivity (Wildman–Crippen MR) is 99.8 cm³/mol. The van der Waals surface area contributed by atoms with Crippen molar-refractivity contribution in [3.63, 3.8) is 0 Å². The molecule has 7 nitrogen and oxygen atoms in total. The van der Waals surface area contributed by atoms with Crippen molar-refractivity contribution in [2.75, 3.05) is 26.7 Å². The molecular formula is C20H26N4O3. The van der Waals surface area contributed by atoms with Gasteiger partial charge in [0.25, 0.3) is 5.91 Å². The van der Waals surface area contributed by atoms with Crippen LogP contribution in [0.25, 0.3) is 0 Å². The molecule has 2 N–H and O–H groups in total. The molecule has 3 amide bonds. The summed E-state index contributed by atoms with van der Waals surface area (Å²) in [5.41, 5.74) is 2.77. The van der Waals surface area contributed by atoms with Gasteiger partial charge in [-0.25, -0.2) is 0 Å². The lowest BCUT2D eigenvalue weighted by Gasteiger charge is -2.29. The lowest BCUT2D eigenvalue weighted by atomic mass is 10.0. The molecular weight excluding hydrogens is 344 g/mol. The van der Waals surface area contributed by atoms with Crippen LogP contribution < -0.4 is 10.6 Å². The minimum atomic E-state index is -0.553. The Labute approximate surface area is 159 Å². The number of carbonyl (C=O) groups excluding carboxylic acids is 3. The van der Waals surface area contributed by atoms with E-state index in [-0.39, 0.29) is 24.1 Å². The first-order valence-electron chi connectivity index (χ1n) is 9.69. The summed E-state index contributed by atoms with van der Waals surface area (Å²) < 4.78 is 0. The molecule has 2 saturated heterocycles. The Balaban J connectivity index is 1.50. The van der Waals surface area contributed by atoms with Crippen molar-refractivity contribution in [3.05, 3.63) is 34.9 Å². The number of likely N-dealkylation sites (tertiary alicyclic amines) is 1. The molecule has 0 aromatic heterocycles. The standard InChI is InChI=1S/C20H26N4O3/c1-21-9-13-7-8-23(10-13)11-14-3-2-4-15-12-24(20(27)18(14)15)16-5-6-17(25)22-19(16)26/h2-4,13,16,21H,5-12H2,1H3,(H,22,25,26). The van der Waals surface area contributed by atoms with Gasteiger partial charge in [-0.05, 0) is 50.0 Å². The van der Waals surface area contributed by atoms with Crippen LogP contribution in [0.2, 0.25) is 0 Å². The van der Waals surface area contributed by atoms with E-state index in [4.69, 9.17) is 0 Å². The lowest BCUT2D eigenvalue weighted by Crippen LogP contribution is -2.52. The molecule has 1 aromatic rings. The van der Waals surface area contributed by atoms with Crippen LogP contribution in [0.1, 0.15) is 40.7 Å². The lowest BCUT2D eigenvalue weighted by molar-refractivity contribution is -0.136. The molecule has 2 unspecified atom stereocenters. The Kier molecular flexibility index (Phi) is 4.97. The van der Waals surface area contributed by atoms with Crippen molar-refractivity contribution in [2.45, 2.75) is 38.4 Å². The van der Waals surface area contributed by atoms with Crippen LogP contribution in [0, 0.1) is 5.92 Å². The largest absolute Gasteiger partial charge is 0.322 e. The second-order valence-corrected chi connectivity index (χ2v) is 7.80. The number of rotatable bonds is 5. The van der Waals surface area contributed by atoms with Gasteiger partial charge in [0.15, 0.2) is 0 Å². The first-order valence-corrected chi connectivity index (χ1v) is 9.69. The maximum absolute atomic E-state index is 13.1. The Bertz CT molecular complexity index is 778. The highest BCUT2D eigenvalue weighted by Crippen LogP contribution is 2.31. The van der Waals surface area contributed by atoms with Gasteiger partial charge in [-0.1, -0.05) is 18.2 Å². The third kappa shape index (κ3) is 3.49. The highest BCUT2D eigenvalue weighted by atomic mass is 16.2. The van der Waals surface area contributed by atoms with Gasteiger partial charge in [0.1, 0.15) is 6.04 Å². The van der Waals surface area contributed by atoms with Crippen LogP contribution in [0.15, 0.2) is 18.2 Å². The highest BCUT2D eigenvalue weighted by Gasteiger charge is 2.40. The van der Waals surface area contributed by atoms with E-state index < -0.39 is 6.04 Å². The summed E-state index contributed by atoms with van der Waals surface area (Å²) in [5.74, 6) is -0.0434. The summed E-state index contributed by atoms with van der Waals surface area (Å²) in [6.45, 7) is 4.30. The molecule has 1 aromatic carbocycles. The molecule has 27 heavy (non-hydrogen) atoms. The minimum absolute atomic E-state index is 0.0823. The van der Waals surface area contributed by atoms with Crippen molar-refractivity contribution in [1.82, 2.24) is 20.4 Å². The molecule has 0 aliphatic carbocycles. The van der Waals surface area contributed by atoms with Gasteiger partial charge in [-0.2, -0.15) is 0 Å². The first-order chi connectivity index (χ1) is 13.1. The van der Waals surface area contributed by atoms with E-state index in [0.29, 0.717) is 18.9 Å². The van der Waals surface area contributed by atoms with Gasteiger partial charge < -0.3 is 10.2 Å². The second kappa shape index (κ2) is 7.40. The summed E-state index contributed by atoms with van der Waals surface area (Å²) >= 11 is 0. The van der Waals surface area contributed by atoms with Crippen LogP contribution in [-0.2, 0) is 22.7 Å². The summed E-state index contributed by atoms with van der Waals surface area (Å²) in [5, 5.41) is 5.60. The zero-order valence-corrected chi connectivity index (χ0v) is 15.7. The third-order valence-corrected chi connectivity index (χ3v) is 5.90. The normalized spacial score (nSPS) is 25.8. The van der Waals surface area contributed by atoms with Crippen molar-refractivity contribution < 1.29 is 14.4 Å². The number of hydrogen-bond acceptors (Lipinski definition) is 5. The molecule has 7 heteroatoms. The van der Waals surface area contributed by atoms with Gasteiger partial charge in [-0.15, -0.1) is 0 Å². The van der Waals surface area contributed by atoms with Crippen molar-refractivity contribution in [3.8, 4) is 0 Å². The minimum Gasteiger partial charge on any atom is -0.322 e. The number of piperidine rings is 1. The van der Waals surface area contributed by atoms with E-state index in [2.05, 4.69) is 15.5 Å². The maximum atomic E-state index is 13.1. The smallest absolute Gasteiger partial charge is 0.255 e. The highest BCUT2D eigenvalue weighted by molar-refractivity contribution is 6.05. The van der Waals surface area contributed by atoms with E-state index in [1.54, 1.807) is 4.90 Å². The molecule has 3 aliphatic rings. The number of fused-ring (bicyclic) bond motifs is 1. The number of imide groups is 1. The SMILES string of the molecule is CNCC1CCN(Cc2cccc3c2C(=O)N(C2CCC(=O)NC2=O)C3)C1. The van der Waals surface area contributed by atoms with E-state index in [1.165, 1.54) is 6.42 Å². The Morgan fingerprint density at radius 3 is 2.85 bits per heavy atom. The van der Waals surface area contributed by atoms with E-state index >= 15 is 0 Å². The number of hydrogen-bond donors (Lipinski definition) is 2. The van der Waals surface area contributed by atoms with Gasteiger partial charge in [0.05, 0.1) is 0 Å². The topological polar surface area (TPSA) is 81.8 Å². The number of nitrogens with zero attached hydrogens (tertiary/aromatic N) is 2. The summed E-state index contributed by atoms with van der Waals surface area (Å²) in [4.78, 5) is 40.8. The van der Waals surface area contributed by atoms with E-state index in [9.17, 15) is 14.4 Å². The fourth-order valence-electron chi connectivity index (χ4n) is 4.57. The molecule has 144 valence electrons. The van der Waals surface area contributed by atoms with Crippen LogP contribution >= 0.6 is 0 Å². The van der Waals surface area contributed by atoms with Crippen LogP contribution in [0.3, 0.4) is 0 Å². The second-order valence-electron chi connectivity index (χ2n) is 7.80. The average molecular weight is 370 g/mol. The van der Waals surface area contributed by atoms with Gasteiger partial charge in [0, 0.05) is 31.6 Å². The predicted octanol–water partition coefficient (Wildman–Crippen LogP) is 0.489. The fraction of sp³-hybridized carbons (Fsp3) is 0.550. The number of nitrogens with one attached hydrogen (secondary N) is 2. The van der Waals surface area contributed by atoms with E-state index in [0.717, 1.165) is 42.9 Å². The average Bonchev–Trinajstić information content (AvgIpc) is 3.21. The number of carbonyl (C=O) groups is 3. The molecule has 0 saturated carbocycles. The summed E-state index contributed by atoms with van der Waals surface area (Å²) in [6, 6.07) is 5.44. The Hall–Kier alpha value is -2.25. The molecule has 2 fully saturated rings. The Morgan fingerprint density at radius 1 is 1.22 bits per heavy atom. The molecule has 3 aliphatic heterocycles. The van der Waals surface area contributed by atoms with Crippen LogP contribution in [0.4, 0.5) is 0 Å². The van der Waals surface area contributed by atoms with Crippen LogP contribution in [0.5, 0.6) is 0 Å². The zero-order chi connectivity index (χ0) is 19.0. The third-order valence-electron chi connectivity index (χ3n) is 5.90. The first kappa shape index (κ1) is 18.1. The molecule has 0 spiro atoms. The molecule has 0 bridgehead atoms. The molecule has 0 radical (unpaired) electrons. The molecule has 2 atom stereocenters. The number of amides is 3. The molecule has 3 heterocycles. The van der Waals surface area contributed by atoms with Crippen molar-refractivity contribution >= 4 is 17.7 Å². The molecule has 4 rings (SSSR count). The fourth-order valence-corrected chi connectivity index (χ4v) is 4.57. The van der Waals surface area contributed by atoms with Crippen LogP contribution in [-0.4, -0.2) is 60.2 Å². The van der Waals surface area contributed by atoms with Gasteiger partial charge in [-0.3, -0.25) is 24.6 Å². The zero-order valence-electron chi connectivity index (χ0n) is 15.7. The number of benzene rings is 1. The summed E-state index contributed by atoms with van der Waals surface area (Å²) in [6.07, 6.45) is 1.85. The quantitative estimate of drug-likeness (QED) is 0.738. The summed E-state index contributed by atoms with van der Waals surface area (Å²) in [7, 11) is 1.98. The van der Waals surface area contributed by atoms with Crippen molar-refractivity contribution in [2.24, 2.45) is 5.92 Å². The maximum Gasteiger partial charge on any atom is 0.255 e.